The number of hydrogen-bond donors (Lipinski definition) is 1. The summed E-state index contributed by atoms with van der Waals surface area (Å²) in [5.74, 6) is 3.31. The topological polar surface area (TPSA) is 95.7 Å². The minimum atomic E-state index is 0.395. The number of thioether (sulfide) groups is 1. The first kappa shape index (κ1) is 16.0. The quantitative estimate of drug-likeness (QED) is 0.745. The highest BCUT2D eigenvalue weighted by Gasteiger charge is 2.13. The van der Waals surface area contributed by atoms with E-state index < -0.39 is 0 Å². The summed E-state index contributed by atoms with van der Waals surface area (Å²) in [5.41, 5.74) is 5.68. The zero-order chi connectivity index (χ0) is 15.2. The van der Waals surface area contributed by atoms with Gasteiger partial charge in [-0.15, -0.1) is 10.2 Å². The van der Waals surface area contributed by atoms with Crippen molar-refractivity contribution >= 4 is 11.8 Å². The van der Waals surface area contributed by atoms with Crippen LogP contribution in [0.4, 0.5) is 0 Å². The van der Waals surface area contributed by atoms with E-state index in [1.54, 1.807) is 11.8 Å². The molecule has 0 unspecified atom stereocenters. The van der Waals surface area contributed by atoms with E-state index in [0.717, 1.165) is 36.2 Å². The summed E-state index contributed by atoms with van der Waals surface area (Å²) in [7, 11) is 0. The fraction of sp³-hybridized carbons (Fsp3) is 0.692. The van der Waals surface area contributed by atoms with Crippen LogP contribution < -0.4 is 5.73 Å². The summed E-state index contributed by atoms with van der Waals surface area (Å²) in [4.78, 5) is 4.39. The lowest BCUT2D eigenvalue weighted by atomic mass is 10.1. The van der Waals surface area contributed by atoms with Gasteiger partial charge in [-0.05, 0) is 12.3 Å². The van der Waals surface area contributed by atoms with Crippen molar-refractivity contribution in [3.05, 3.63) is 17.5 Å². The largest absolute Gasteiger partial charge is 0.338 e. The van der Waals surface area contributed by atoms with Gasteiger partial charge in [0.25, 0.3) is 0 Å². The molecule has 0 radical (unpaired) electrons. The number of rotatable bonds is 8. The molecular formula is C13H22N6OS. The first-order chi connectivity index (χ1) is 10.1. The van der Waals surface area contributed by atoms with Crippen LogP contribution in [0.3, 0.4) is 0 Å². The van der Waals surface area contributed by atoms with Crippen molar-refractivity contribution in [2.75, 3.05) is 0 Å². The van der Waals surface area contributed by atoms with Gasteiger partial charge in [0.2, 0.25) is 5.89 Å². The molecule has 0 aliphatic rings. The van der Waals surface area contributed by atoms with E-state index >= 15 is 0 Å². The molecule has 0 aliphatic carbocycles. The van der Waals surface area contributed by atoms with Gasteiger partial charge in [-0.1, -0.05) is 37.7 Å². The molecule has 2 aromatic rings. The summed E-state index contributed by atoms with van der Waals surface area (Å²) in [5, 5.41) is 13.1. The van der Waals surface area contributed by atoms with Crippen molar-refractivity contribution in [1.82, 2.24) is 24.9 Å². The van der Waals surface area contributed by atoms with Crippen molar-refractivity contribution < 1.29 is 4.52 Å². The summed E-state index contributed by atoms with van der Waals surface area (Å²) < 4.78 is 7.31. The lowest BCUT2D eigenvalue weighted by molar-refractivity contribution is 0.382. The molecule has 0 bridgehead atoms. The van der Waals surface area contributed by atoms with Crippen molar-refractivity contribution in [1.29, 1.82) is 0 Å². The van der Waals surface area contributed by atoms with Crippen LogP contribution >= 0.6 is 11.8 Å². The van der Waals surface area contributed by atoms with Gasteiger partial charge >= 0.3 is 0 Å². The Kier molecular flexibility index (Phi) is 5.75. The van der Waals surface area contributed by atoms with Crippen LogP contribution in [-0.2, 0) is 25.3 Å². The van der Waals surface area contributed by atoms with E-state index in [-0.39, 0.29) is 0 Å². The van der Waals surface area contributed by atoms with Crippen molar-refractivity contribution in [3.8, 4) is 0 Å². The molecule has 0 aliphatic heterocycles. The standard InChI is InChI=1S/C13H22N6OS/c1-4-5-19-11(7-14)16-17-13(19)21-8-12-15-10(18-20-12)6-9(2)3/h9H,4-8,14H2,1-3H3. The minimum absolute atomic E-state index is 0.395. The molecule has 2 N–H and O–H groups in total. The van der Waals surface area contributed by atoms with Crippen LogP contribution in [0, 0.1) is 5.92 Å². The average Bonchev–Trinajstić information content (AvgIpc) is 3.03. The third-order valence-electron chi connectivity index (χ3n) is 2.85. The SMILES string of the molecule is CCCn1c(CN)nnc1SCc1nc(CC(C)C)no1. The maximum atomic E-state index is 5.68. The molecule has 0 spiro atoms. The van der Waals surface area contributed by atoms with Gasteiger partial charge in [-0.25, -0.2) is 0 Å². The molecule has 0 fully saturated rings. The monoisotopic (exact) mass is 310 g/mol. The normalized spacial score (nSPS) is 11.5. The van der Waals surface area contributed by atoms with E-state index in [2.05, 4.69) is 45.7 Å². The van der Waals surface area contributed by atoms with Gasteiger partial charge in [0, 0.05) is 13.0 Å². The number of aromatic nitrogens is 5. The number of nitrogens with zero attached hydrogens (tertiary/aromatic N) is 5. The molecule has 7 nitrogen and oxygen atoms in total. The van der Waals surface area contributed by atoms with Gasteiger partial charge in [0.1, 0.15) is 5.82 Å². The lowest BCUT2D eigenvalue weighted by Gasteiger charge is -2.06. The molecule has 0 aromatic carbocycles. The molecule has 8 heteroatoms. The highest BCUT2D eigenvalue weighted by atomic mass is 32.2. The van der Waals surface area contributed by atoms with Crippen LogP contribution in [0.2, 0.25) is 0 Å². The van der Waals surface area contributed by atoms with Crippen LogP contribution in [0.25, 0.3) is 0 Å². The third kappa shape index (κ3) is 4.28. The molecule has 2 heterocycles. The Labute approximate surface area is 128 Å². The predicted octanol–water partition coefficient (Wildman–Crippen LogP) is 2.02. The number of nitrogens with two attached hydrogens (primary N) is 1. The predicted molar refractivity (Wildman–Crippen MR) is 80.6 cm³/mol. The van der Waals surface area contributed by atoms with Gasteiger partial charge in [0.05, 0.1) is 12.3 Å². The molecule has 0 atom stereocenters. The molecule has 116 valence electrons. The fourth-order valence-corrected chi connectivity index (χ4v) is 2.77. The molecule has 21 heavy (non-hydrogen) atoms. The molecule has 2 rings (SSSR count). The zero-order valence-electron chi connectivity index (χ0n) is 12.7. The molecule has 2 aromatic heterocycles. The minimum Gasteiger partial charge on any atom is -0.338 e. The lowest BCUT2D eigenvalue weighted by Crippen LogP contribution is -2.09. The van der Waals surface area contributed by atoms with E-state index in [4.69, 9.17) is 10.3 Å². The highest BCUT2D eigenvalue weighted by Crippen LogP contribution is 2.21. The van der Waals surface area contributed by atoms with Crippen LogP contribution in [0.5, 0.6) is 0 Å². The maximum absolute atomic E-state index is 5.68. The van der Waals surface area contributed by atoms with Crippen molar-refractivity contribution in [2.24, 2.45) is 11.7 Å². The van der Waals surface area contributed by atoms with Crippen LogP contribution in [0.15, 0.2) is 9.68 Å². The van der Waals surface area contributed by atoms with E-state index in [9.17, 15) is 0 Å². The molecule has 0 amide bonds. The molecule has 0 saturated heterocycles. The van der Waals surface area contributed by atoms with E-state index in [1.165, 1.54) is 0 Å². The Morgan fingerprint density at radius 1 is 1.33 bits per heavy atom. The second-order valence-electron chi connectivity index (χ2n) is 5.25. The summed E-state index contributed by atoms with van der Waals surface area (Å²) in [6.07, 6.45) is 1.84. The first-order valence-electron chi connectivity index (χ1n) is 7.20. The third-order valence-corrected chi connectivity index (χ3v) is 3.80. The second-order valence-corrected chi connectivity index (χ2v) is 6.19. The van der Waals surface area contributed by atoms with E-state index in [0.29, 0.717) is 24.1 Å². The maximum Gasteiger partial charge on any atom is 0.237 e. The Bertz CT molecular complexity index is 565. The Morgan fingerprint density at radius 2 is 2.14 bits per heavy atom. The Morgan fingerprint density at radius 3 is 2.81 bits per heavy atom. The summed E-state index contributed by atoms with van der Waals surface area (Å²) in [6.45, 7) is 7.64. The van der Waals surface area contributed by atoms with Crippen LogP contribution in [-0.4, -0.2) is 24.9 Å². The fourth-order valence-electron chi connectivity index (χ4n) is 1.95. The molecular weight excluding hydrogens is 288 g/mol. The van der Waals surface area contributed by atoms with Gasteiger partial charge in [-0.2, -0.15) is 4.98 Å². The smallest absolute Gasteiger partial charge is 0.237 e. The van der Waals surface area contributed by atoms with Gasteiger partial charge in [-0.3, -0.25) is 0 Å². The zero-order valence-corrected chi connectivity index (χ0v) is 13.6. The van der Waals surface area contributed by atoms with Gasteiger partial charge < -0.3 is 14.8 Å². The Balaban J connectivity index is 1.99. The average molecular weight is 310 g/mol. The summed E-state index contributed by atoms with van der Waals surface area (Å²) in [6, 6.07) is 0. The Hall–Kier alpha value is -1.41. The summed E-state index contributed by atoms with van der Waals surface area (Å²) >= 11 is 1.55. The second kappa shape index (κ2) is 7.56. The van der Waals surface area contributed by atoms with Crippen molar-refractivity contribution in [3.63, 3.8) is 0 Å². The first-order valence-corrected chi connectivity index (χ1v) is 8.19. The highest BCUT2D eigenvalue weighted by molar-refractivity contribution is 7.98. The van der Waals surface area contributed by atoms with Crippen molar-refractivity contribution in [2.45, 2.75) is 57.6 Å². The molecule has 0 saturated carbocycles. The van der Waals surface area contributed by atoms with E-state index in [1.807, 2.05) is 0 Å². The van der Waals surface area contributed by atoms with Gasteiger partial charge in [0.15, 0.2) is 11.0 Å². The number of hydrogen-bond acceptors (Lipinski definition) is 7. The van der Waals surface area contributed by atoms with Crippen LogP contribution in [0.1, 0.15) is 44.7 Å².